The van der Waals surface area contributed by atoms with Gasteiger partial charge in [0.2, 0.25) is 0 Å². The van der Waals surface area contributed by atoms with Crippen molar-refractivity contribution in [3.63, 3.8) is 0 Å². The van der Waals surface area contributed by atoms with E-state index in [1.807, 2.05) is 6.92 Å². The Bertz CT molecular complexity index is 686. The molecule has 0 aliphatic heterocycles. The molecule has 0 saturated heterocycles. The molecule has 0 fully saturated rings. The second kappa shape index (κ2) is 5.85. The topological polar surface area (TPSA) is 49.3 Å². The average molecular weight is 355 g/mol. The van der Waals surface area contributed by atoms with Gasteiger partial charge in [0.05, 0.1) is 5.56 Å². The molecule has 2 N–H and O–H groups in total. The highest BCUT2D eigenvalue weighted by Crippen LogP contribution is 2.29. The van der Waals surface area contributed by atoms with E-state index in [0.29, 0.717) is 26.3 Å². The monoisotopic (exact) mass is 353 g/mol. The number of benzene rings is 2. The predicted molar refractivity (Wildman–Crippen MR) is 84.7 cm³/mol. The van der Waals surface area contributed by atoms with E-state index in [1.54, 1.807) is 37.3 Å². The van der Waals surface area contributed by atoms with Crippen molar-refractivity contribution in [3.05, 3.63) is 56.5 Å². The van der Waals surface area contributed by atoms with Gasteiger partial charge in [0.25, 0.3) is 5.91 Å². The Kier molecular flexibility index (Phi) is 4.35. The normalized spacial score (nSPS) is 10.4. The number of amides is 1. The fourth-order valence-electron chi connectivity index (χ4n) is 1.83. The van der Waals surface area contributed by atoms with Gasteiger partial charge in [0, 0.05) is 20.7 Å². The zero-order valence-corrected chi connectivity index (χ0v) is 13.3. The van der Waals surface area contributed by atoms with E-state index in [0.717, 1.165) is 5.56 Å². The lowest BCUT2D eigenvalue weighted by atomic mass is 10.1. The number of aryl methyl sites for hydroxylation is 1. The molecular formula is C15H13BrClNO2. The Balaban J connectivity index is 2.33. The number of halogens is 2. The predicted octanol–water partition coefficient (Wildman–Crippen LogP) is 4.68. The molecule has 5 heteroatoms. The summed E-state index contributed by atoms with van der Waals surface area (Å²) in [5.41, 5.74) is 2.42. The maximum Gasteiger partial charge on any atom is 0.256 e. The first kappa shape index (κ1) is 14.9. The van der Waals surface area contributed by atoms with Crippen molar-refractivity contribution >= 4 is 39.1 Å². The summed E-state index contributed by atoms with van der Waals surface area (Å²) in [6.07, 6.45) is 0. The second-order valence-electron chi connectivity index (χ2n) is 4.48. The van der Waals surface area contributed by atoms with Crippen molar-refractivity contribution in [2.75, 3.05) is 5.32 Å². The van der Waals surface area contributed by atoms with Crippen LogP contribution in [0.4, 0.5) is 5.69 Å². The third-order valence-corrected chi connectivity index (χ3v) is 3.98. The molecule has 1 amide bonds. The molecule has 0 saturated carbocycles. The molecule has 2 aromatic rings. The third kappa shape index (κ3) is 2.97. The van der Waals surface area contributed by atoms with Gasteiger partial charge in [0.1, 0.15) is 5.75 Å². The van der Waals surface area contributed by atoms with Crippen LogP contribution in [-0.2, 0) is 0 Å². The minimum Gasteiger partial charge on any atom is -0.507 e. The molecule has 0 aliphatic carbocycles. The lowest BCUT2D eigenvalue weighted by molar-refractivity contribution is 0.102. The highest BCUT2D eigenvalue weighted by molar-refractivity contribution is 9.10. The summed E-state index contributed by atoms with van der Waals surface area (Å²) in [6, 6.07) is 8.53. The van der Waals surface area contributed by atoms with Crippen LogP contribution in [0.3, 0.4) is 0 Å². The number of nitrogens with one attached hydrogen (secondary N) is 1. The van der Waals surface area contributed by atoms with Gasteiger partial charge in [-0.05, 0) is 59.6 Å². The number of rotatable bonds is 2. The van der Waals surface area contributed by atoms with Gasteiger partial charge < -0.3 is 10.4 Å². The summed E-state index contributed by atoms with van der Waals surface area (Å²) >= 11 is 9.22. The van der Waals surface area contributed by atoms with E-state index in [4.69, 9.17) is 11.6 Å². The van der Waals surface area contributed by atoms with Crippen LogP contribution in [0.2, 0.25) is 5.02 Å². The van der Waals surface area contributed by atoms with Crippen LogP contribution in [0.5, 0.6) is 5.75 Å². The zero-order chi connectivity index (χ0) is 14.9. The van der Waals surface area contributed by atoms with Crippen LogP contribution >= 0.6 is 27.5 Å². The first-order valence-electron chi connectivity index (χ1n) is 5.95. The van der Waals surface area contributed by atoms with Gasteiger partial charge in [-0.25, -0.2) is 0 Å². The fourth-order valence-corrected chi connectivity index (χ4v) is 2.43. The zero-order valence-electron chi connectivity index (χ0n) is 11.0. The summed E-state index contributed by atoms with van der Waals surface area (Å²) in [5, 5.41) is 13.2. The molecule has 0 radical (unpaired) electrons. The first-order chi connectivity index (χ1) is 9.40. The summed E-state index contributed by atoms with van der Waals surface area (Å²) in [4.78, 5) is 12.3. The molecule has 0 aromatic heterocycles. The Morgan fingerprint density at radius 1 is 1.25 bits per heavy atom. The SMILES string of the molecule is Cc1ccc(NC(=O)c2cc(Cl)ccc2Br)c(C)c1O. The van der Waals surface area contributed by atoms with E-state index in [9.17, 15) is 9.90 Å². The Morgan fingerprint density at radius 3 is 2.65 bits per heavy atom. The van der Waals surface area contributed by atoms with Crippen LogP contribution in [0.1, 0.15) is 21.5 Å². The summed E-state index contributed by atoms with van der Waals surface area (Å²) in [6.45, 7) is 3.56. The van der Waals surface area contributed by atoms with E-state index in [-0.39, 0.29) is 11.7 Å². The fraction of sp³-hybridized carbons (Fsp3) is 0.133. The van der Waals surface area contributed by atoms with Gasteiger partial charge in [-0.15, -0.1) is 0 Å². The highest BCUT2D eigenvalue weighted by Gasteiger charge is 2.13. The molecule has 104 valence electrons. The van der Waals surface area contributed by atoms with Crippen LogP contribution in [-0.4, -0.2) is 11.0 Å². The number of aromatic hydroxyl groups is 1. The average Bonchev–Trinajstić information content (AvgIpc) is 2.42. The smallest absolute Gasteiger partial charge is 0.256 e. The third-order valence-electron chi connectivity index (χ3n) is 3.05. The molecule has 0 bridgehead atoms. The van der Waals surface area contributed by atoms with E-state index < -0.39 is 0 Å². The number of hydrogen-bond donors (Lipinski definition) is 2. The number of carbonyl (C=O) groups excluding carboxylic acids is 1. The van der Waals surface area contributed by atoms with Crippen molar-refractivity contribution in [3.8, 4) is 5.75 Å². The van der Waals surface area contributed by atoms with Crippen molar-refractivity contribution < 1.29 is 9.90 Å². The molecule has 0 atom stereocenters. The number of anilines is 1. The lowest BCUT2D eigenvalue weighted by Gasteiger charge is -2.12. The highest BCUT2D eigenvalue weighted by atomic mass is 79.9. The van der Waals surface area contributed by atoms with Crippen molar-refractivity contribution in [1.82, 2.24) is 0 Å². The van der Waals surface area contributed by atoms with Gasteiger partial charge in [0.15, 0.2) is 0 Å². The number of phenols is 1. The van der Waals surface area contributed by atoms with Gasteiger partial charge in [-0.1, -0.05) is 17.7 Å². The number of hydrogen-bond acceptors (Lipinski definition) is 2. The minimum absolute atomic E-state index is 0.188. The molecule has 2 rings (SSSR count). The van der Waals surface area contributed by atoms with E-state index >= 15 is 0 Å². The summed E-state index contributed by atoms with van der Waals surface area (Å²) in [7, 11) is 0. The molecule has 0 aliphatic rings. The molecule has 20 heavy (non-hydrogen) atoms. The maximum atomic E-state index is 12.3. The molecule has 2 aromatic carbocycles. The largest absolute Gasteiger partial charge is 0.507 e. The van der Waals surface area contributed by atoms with Crippen LogP contribution in [0.15, 0.2) is 34.8 Å². The molecule has 0 spiro atoms. The Morgan fingerprint density at radius 2 is 1.95 bits per heavy atom. The number of carbonyl (C=O) groups is 1. The molecular weight excluding hydrogens is 342 g/mol. The number of phenolic OH excluding ortho intramolecular Hbond substituents is 1. The maximum absolute atomic E-state index is 12.3. The van der Waals surface area contributed by atoms with Crippen LogP contribution in [0.25, 0.3) is 0 Å². The molecule has 0 unspecified atom stereocenters. The molecule has 0 heterocycles. The quantitative estimate of drug-likeness (QED) is 0.823. The standard InChI is InChI=1S/C15H13BrClNO2/c1-8-3-6-13(9(2)14(8)19)18-15(20)11-7-10(17)4-5-12(11)16/h3-7,19H,1-2H3,(H,18,20). The molecule has 3 nitrogen and oxygen atoms in total. The lowest BCUT2D eigenvalue weighted by Crippen LogP contribution is -2.13. The van der Waals surface area contributed by atoms with Crippen LogP contribution < -0.4 is 5.32 Å². The second-order valence-corrected chi connectivity index (χ2v) is 5.77. The minimum atomic E-state index is -0.286. The van der Waals surface area contributed by atoms with Gasteiger partial charge in [-0.3, -0.25) is 4.79 Å². The van der Waals surface area contributed by atoms with Gasteiger partial charge in [-0.2, -0.15) is 0 Å². The van der Waals surface area contributed by atoms with Crippen LogP contribution in [0, 0.1) is 13.8 Å². The van der Waals surface area contributed by atoms with Gasteiger partial charge >= 0.3 is 0 Å². The van der Waals surface area contributed by atoms with Crippen molar-refractivity contribution in [2.45, 2.75) is 13.8 Å². The summed E-state index contributed by atoms with van der Waals surface area (Å²) < 4.78 is 0.661. The Hall–Kier alpha value is -1.52. The summed E-state index contributed by atoms with van der Waals surface area (Å²) in [5.74, 6) is -0.0984. The van der Waals surface area contributed by atoms with E-state index in [2.05, 4.69) is 21.2 Å². The Labute approximate surface area is 130 Å². The first-order valence-corrected chi connectivity index (χ1v) is 7.13. The van der Waals surface area contributed by atoms with E-state index in [1.165, 1.54) is 0 Å². The van der Waals surface area contributed by atoms with Crippen molar-refractivity contribution in [2.24, 2.45) is 0 Å². The van der Waals surface area contributed by atoms with Crippen molar-refractivity contribution in [1.29, 1.82) is 0 Å².